The van der Waals surface area contributed by atoms with Crippen LogP contribution in [0.25, 0.3) is 5.57 Å². The summed E-state index contributed by atoms with van der Waals surface area (Å²) in [7, 11) is 0. The van der Waals surface area contributed by atoms with Crippen molar-refractivity contribution in [3.8, 4) is 0 Å². The summed E-state index contributed by atoms with van der Waals surface area (Å²) in [6.45, 7) is 0.778. The van der Waals surface area contributed by atoms with Crippen LogP contribution in [0.2, 0.25) is 0 Å². The smallest absolute Gasteiger partial charge is 0.200 e. The molecule has 0 atom stereocenters. The van der Waals surface area contributed by atoms with Crippen LogP contribution in [0.3, 0.4) is 0 Å². The minimum absolute atomic E-state index is 0.136. The molecule has 1 nitrogen and oxygen atoms in total. The Kier molecular flexibility index (Phi) is 3.15. The van der Waals surface area contributed by atoms with Crippen LogP contribution < -0.4 is 5.32 Å². The number of nitrogens with one attached hydrogen (secondary N) is 1. The fourth-order valence-corrected chi connectivity index (χ4v) is 1.74. The quantitative estimate of drug-likeness (QED) is 0.458. The lowest BCUT2D eigenvalue weighted by Gasteiger charge is -2.16. The van der Waals surface area contributed by atoms with E-state index in [4.69, 9.17) is 0 Å². The molecule has 0 saturated heterocycles. The molecule has 0 amide bonds. The van der Waals surface area contributed by atoms with Crippen LogP contribution in [-0.4, -0.2) is 13.1 Å². The van der Waals surface area contributed by atoms with Crippen molar-refractivity contribution in [3.63, 3.8) is 0 Å². The molecule has 1 N–H and O–H groups in total. The van der Waals surface area contributed by atoms with Crippen molar-refractivity contribution < 1.29 is 22.0 Å². The van der Waals surface area contributed by atoms with E-state index in [2.05, 4.69) is 5.32 Å². The van der Waals surface area contributed by atoms with Gasteiger partial charge in [-0.15, -0.1) is 0 Å². The summed E-state index contributed by atoms with van der Waals surface area (Å²) in [5.41, 5.74) is -0.681. The zero-order valence-electron chi connectivity index (χ0n) is 8.59. The van der Waals surface area contributed by atoms with Crippen LogP contribution in [-0.2, 0) is 0 Å². The first-order valence-electron chi connectivity index (χ1n) is 4.95. The molecular formula is C11H8F5N. The van der Waals surface area contributed by atoms with Crippen LogP contribution in [0.1, 0.15) is 12.0 Å². The second-order valence-corrected chi connectivity index (χ2v) is 3.63. The van der Waals surface area contributed by atoms with Gasteiger partial charge in [-0.25, -0.2) is 22.0 Å². The van der Waals surface area contributed by atoms with Crippen LogP contribution in [0, 0.1) is 29.1 Å². The van der Waals surface area contributed by atoms with E-state index in [0.29, 0.717) is 13.1 Å². The summed E-state index contributed by atoms with van der Waals surface area (Å²) in [5, 5.41) is 2.88. The molecule has 0 fully saturated rings. The molecule has 0 radical (unpaired) electrons. The first-order valence-corrected chi connectivity index (χ1v) is 4.95. The van der Waals surface area contributed by atoms with Gasteiger partial charge in [0.15, 0.2) is 23.3 Å². The molecule has 17 heavy (non-hydrogen) atoms. The largest absolute Gasteiger partial charge is 0.313 e. The molecule has 0 unspecified atom stereocenters. The van der Waals surface area contributed by atoms with Crippen LogP contribution >= 0.6 is 0 Å². The van der Waals surface area contributed by atoms with E-state index in [1.807, 2.05) is 0 Å². The third-order valence-electron chi connectivity index (χ3n) is 2.59. The normalized spacial score (nSPS) is 15.9. The molecule has 0 aliphatic carbocycles. The van der Waals surface area contributed by atoms with E-state index in [9.17, 15) is 22.0 Å². The van der Waals surface area contributed by atoms with Crippen LogP contribution in [0.15, 0.2) is 6.08 Å². The highest BCUT2D eigenvalue weighted by Gasteiger charge is 2.27. The number of hydrogen-bond donors (Lipinski definition) is 1. The second kappa shape index (κ2) is 4.44. The van der Waals surface area contributed by atoms with Gasteiger partial charge in [0.25, 0.3) is 0 Å². The highest BCUT2D eigenvalue weighted by molar-refractivity contribution is 5.67. The summed E-state index contributed by atoms with van der Waals surface area (Å²) in [6.07, 6.45) is 1.64. The van der Waals surface area contributed by atoms with E-state index < -0.39 is 34.6 Å². The molecule has 1 aliphatic heterocycles. The van der Waals surface area contributed by atoms with Crippen molar-refractivity contribution in [1.82, 2.24) is 5.32 Å². The number of benzene rings is 1. The second-order valence-electron chi connectivity index (χ2n) is 3.63. The molecule has 0 aromatic heterocycles. The van der Waals surface area contributed by atoms with Gasteiger partial charge in [0.1, 0.15) is 0 Å². The van der Waals surface area contributed by atoms with Gasteiger partial charge in [0, 0.05) is 6.54 Å². The maximum atomic E-state index is 13.4. The van der Waals surface area contributed by atoms with E-state index in [1.165, 1.54) is 6.08 Å². The average molecular weight is 249 g/mol. The van der Waals surface area contributed by atoms with Gasteiger partial charge in [-0.05, 0) is 18.5 Å². The minimum Gasteiger partial charge on any atom is -0.313 e. The van der Waals surface area contributed by atoms with E-state index >= 15 is 0 Å². The molecule has 6 heteroatoms. The minimum atomic E-state index is -2.13. The molecule has 0 bridgehead atoms. The number of rotatable bonds is 1. The Labute approximate surface area is 93.9 Å². The van der Waals surface area contributed by atoms with Crippen molar-refractivity contribution >= 4 is 5.57 Å². The molecule has 0 saturated carbocycles. The zero-order chi connectivity index (χ0) is 12.6. The average Bonchev–Trinajstić information content (AvgIpc) is 2.36. The monoisotopic (exact) mass is 249 g/mol. The van der Waals surface area contributed by atoms with E-state index in [0.717, 1.165) is 0 Å². The highest BCUT2D eigenvalue weighted by atomic mass is 19.2. The fourth-order valence-electron chi connectivity index (χ4n) is 1.74. The summed E-state index contributed by atoms with van der Waals surface area (Å²) in [5.74, 6) is -9.47. The van der Waals surface area contributed by atoms with Gasteiger partial charge in [0.05, 0.1) is 5.56 Å². The Hall–Kier alpha value is -1.43. The standard InChI is InChI=1S/C11H8F5N/c12-7-6(5-1-3-17-4-2-5)8(13)10(15)11(16)9(7)14/h1,17H,2-4H2. The molecule has 92 valence electrons. The van der Waals surface area contributed by atoms with Gasteiger partial charge < -0.3 is 5.32 Å². The molecular weight excluding hydrogens is 241 g/mol. The summed E-state index contributed by atoms with van der Waals surface area (Å²) >= 11 is 0. The molecule has 1 heterocycles. The summed E-state index contributed by atoms with van der Waals surface area (Å²) in [6, 6.07) is 0. The molecule has 0 spiro atoms. The first-order chi connectivity index (χ1) is 8.04. The van der Waals surface area contributed by atoms with Gasteiger partial charge in [-0.1, -0.05) is 6.08 Å². The third kappa shape index (κ3) is 1.93. The lowest BCUT2D eigenvalue weighted by molar-refractivity contribution is 0.376. The third-order valence-corrected chi connectivity index (χ3v) is 2.59. The summed E-state index contributed by atoms with van der Waals surface area (Å²) in [4.78, 5) is 0. The first kappa shape index (κ1) is 12.0. The van der Waals surface area contributed by atoms with Crippen molar-refractivity contribution in [3.05, 3.63) is 40.7 Å². The molecule has 1 aromatic rings. The topological polar surface area (TPSA) is 12.0 Å². The molecule has 2 rings (SSSR count). The Balaban J connectivity index is 2.65. The lowest BCUT2D eigenvalue weighted by atomic mass is 9.98. The fraction of sp³-hybridized carbons (Fsp3) is 0.273. The Bertz CT molecular complexity index is 466. The van der Waals surface area contributed by atoms with Crippen molar-refractivity contribution in [1.29, 1.82) is 0 Å². The Morgan fingerprint density at radius 3 is 1.82 bits per heavy atom. The molecule has 1 aromatic carbocycles. The number of hydrogen-bond acceptors (Lipinski definition) is 1. The molecule has 1 aliphatic rings. The van der Waals surface area contributed by atoms with Crippen molar-refractivity contribution in [2.75, 3.05) is 13.1 Å². The predicted molar refractivity (Wildman–Crippen MR) is 51.7 cm³/mol. The maximum Gasteiger partial charge on any atom is 0.200 e. The van der Waals surface area contributed by atoms with Gasteiger partial charge in [0.2, 0.25) is 5.82 Å². The van der Waals surface area contributed by atoms with Gasteiger partial charge >= 0.3 is 0 Å². The van der Waals surface area contributed by atoms with Crippen LogP contribution in [0.5, 0.6) is 0 Å². The zero-order valence-corrected chi connectivity index (χ0v) is 8.59. The van der Waals surface area contributed by atoms with E-state index in [1.54, 1.807) is 0 Å². The maximum absolute atomic E-state index is 13.4. The highest BCUT2D eigenvalue weighted by Crippen LogP contribution is 2.30. The number of halogens is 5. The van der Waals surface area contributed by atoms with Gasteiger partial charge in [-0.3, -0.25) is 0 Å². The van der Waals surface area contributed by atoms with Crippen LogP contribution in [0.4, 0.5) is 22.0 Å². The van der Waals surface area contributed by atoms with E-state index in [-0.39, 0.29) is 12.0 Å². The Morgan fingerprint density at radius 2 is 1.35 bits per heavy atom. The lowest BCUT2D eigenvalue weighted by Crippen LogP contribution is -2.21. The predicted octanol–water partition coefficient (Wildman–Crippen LogP) is 2.76. The Morgan fingerprint density at radius 1 is 0.824 bits per heavy atom. The SMILES string of the molecule is Fc1c(F)c(F)c(C2=CCNCC2)c(F)c1F. The van der Waals surface area contributed by atoms with Crippen molar-refractivity contribution in [2.24, 2.45) is 0 Å². The van der Waals surface area contributed by atoms with Gasteiger partial charge in [-0.2, -0.15) is 0 Å². The summed E-state index contributed by atoms with van der Waals surface area (Å²) < 4.78 is 65.5. The van der Waals surface area contributed by atoms with Crippen molar-refractivity contribution in [2.45, 2.75) is 6.42 Å².